The van der Waals surface area contributed by atoms with Gasteiger partial charge in [-0.25, -0.2) is 9.48 Å². The van der Waals surface area contributed by atoms with Crippen LogP contribution in [0.5, 0.6) is 0 Å². The molecule has 2 heterocycles. The molecular weight excluding hydrogens is 496 g/mol. The van der Waals surface area contributed by atoms with Crippen molar-refractivity contribution in [3.63, 3.8) is 0 Å². The van der Waals surface area contributed by atoms with Crippen LogP contribution in [0.1, 0.15) is 124 Å². The molecule has 1 N–H and O–H groups in total. The van der Waals surface area contributed by atoms with Crippen molar-refractivity contribution in [2.24, 2.45) is 0 Å². The largest absolute Gasteiger partial charge is 0.444 e. The van der Waals surface area contributed by atoms with Crippen molar-refractivity contribution < 1.29 is 9.53 Å². The van der Waals surface area contributed by atoms with Crippen molar-refractivity contribution in [1.82, 2.24) is 14.8 Å². The fourth-order valence-electron chi connectivity index (χ4n) is 1.97. The minimum atomic E-state index is -0.524. The number of nitrogens with one attached hydrogen (secondary N) is 1. The molecule has 2 aromatic rings. The molecule has 0 fully saturated rings. The minimum Gasteiger partial charge on any atom is -0.444 e. The maximum Gasteiger partial charge on any atom is 0.412 e. The van der Waals surface area contributed by atoms with E-state index in [-0.39, 0.29) is 0 Å². The SMILES string of the molecule is C=C/C(C)=C\C.CC.CC.CC.CC(C)(C)OC(=O)Nc1cnn(-c2cccnc2)c1.CCC.CCC=C(C)C. The third kappa shape index (κ3) is 34.9. The molecule has 0 aliphatic heterocycles. The Morgan fingerprint density at radius 3 is 1.85 bits per heavy atom. The van der Waals surface area contributed by atoms with Gasteiger partial charge in [-0.2, -0.15) is 5.10 Å². The fraction of sp³-hybridized carbons (Fsp3) is 0.559. The van der Waals surface area contributed by atoms with Crippen LogP contribution < -0.4 is 5.32 Å². The lowest BCUT2D eigenvalue weighted by molar-refractivity contribution is 0.0636. The van der Waals surface area contributed by atoms with Crippen LogP contribution in [0.4, 0.5) is 10.5 Å². The molecule has 6 nitrogen and oxygen atoms in total. The highest BCUT2D eigenvalue weighted by molar-refractivity contribution is 5.84. The van der Waals surface area contributed by atoms with E-state index in [0.717, 1.165) is 5.69 Å². The van der Waals surface area contributed by atoms with Crippen molar-refractivity contribution >= 4 is 11.8 Å². The van der Waals surface area contributed by atoms with E-state index in [4.69, 9.17) is 4.74 Å². The molecule has 0 atom stereocenters. The predicted octanol–water partition coefficient (Wildman–Crippen LogP) is 11.6. The van der Waals surface area contributed by atoms with Gasteiger partial charge >= 0.3 is 6.09 Å². The molecule has 0 bridgehead atoms. The Balaban J connectivity index is -0.000000161. The molecule has 232 valence electrons. The first-order valence-electron chi connectivity index (χ1n) is 14.8. The van der Waals surface area contributed by atoms with Gasteiger partial charge in [-0.3, -0.25) is 10.3 Å². The van der Waals surface area contributed by atoms with Crippen molar-refractivity contribution in [2.75, 3.05) is 5.32 Å². The van der Waals surface area contributed by atoms with Gasteiger partial charge in [0.05, 0.1) is 30.0 Å². The maximum absolute atomic E-state index is 11.6. The summed E-state index contributed by atoms with van der Waals surface area (Å²) in [4.78, 5) is 15.6. The molecule has 2 rings (SSSR count). The first-order valence-corrected chi connectivity index (χ1v) is 14.8. The Labute approximate surface area is 249 Å². The first-order chi connectivity index (χ1) is 18.9. The van der Waals surface area contributed by atoms with Crippen LogP contribution in [0.25, 0.3) is 5.69 Å². The Hall–Kier alpha value is -3.15. The highest BCUT2D eigenvalue weighted by Gasteiger charge is 2.16. The van der Waals surface area contributed by atoms with E-state index in [0.29, 0.717) is 5.69 Å². The molecule has 40 heavy (non-hydrogen) atoms. The maximum atomic E-state index is 11.6. The Bertz CT molecular complexity index is 858. The van der Waals surface area contributed by atoms with Gasteiger partial charge in [-0.05, 0) is 67.0 Å². The van der Waals surface area contributed by atoms with Crippen LogP contribution in [0.15, 0.2) is 72.9 Å². The number of amides is 1. The lowest BCUT2D eigenvalue weighted by atomic mass is 10.2. The molecule has 0 radical (unpaired) electrons. The second kappa shape index (κ2) is 33.9. The second-order valence-electron chi connectivity index (χ2n) is 8.65. The van der Waals surface area contributed by atoms with Crippen molar-refractivity contribution in [3.8, 4) is 5.69 Å². The number of allylic oxidation sites excluding steroid dienone is 5. The summed E-state index contributed by atoms with van der Waals surface area (Å²) in [6.45, 7) is 35.6. The van der Waals surface area contributed by atoms with Crippen LogP contribution in [-0.2, 0) is 4.74 Å². The number of pyridine rings is 1. The number of anilines is 1. The van der Waals surface area contributed by atoms with Crippen molar-refractivity contribution in [1.29, 1.82) is 0 Å². The summed E-state index contributed by atoms with van der Waals surface area (Å²) < 4.78 is 6.78. The zero-order valence-corrected chi connectivity index (χ0v) is 29.0. The number of hydrogen-bond donors (Lipinski definition) is 1. The van der Waals surface area contributed by atoms with E-state index in [9.17, 15) is 4.79 Å². The summed E-state index contributed by atoms with van der Waals surface area (Å²) in [5, 5.41) is 6.77. The fourth-order valence-corrected chi connectivity index (χ4v) is 1.97. The lowest BCUT2D eigenvalue weighted by Crippen LogP contribution is -2.27. The van der Waals surface area contributed by atoms with Crippen molar-refractivity contribution in [3.05, 3.63) is 72.9 Å². The zero-order valence-electron chi connectivity index (χ0n) is 29.0. The first kappa shape index (κ1) is 46.7. The third-order valence-corrected chi connectivity index (χ3v) is 3.53. The quantitative estimate of drug-likeness (QED) is 0.298. The normalized spacial score (nSPS) is 9.05. The average molecular weight is 561 g/mol. The standard InChI is InChI=1S/C13H16N4O2.C6H12.C6H10.C3H8.3C2H6/c1-13(2,3)19-12(18)16-10-7-15-17(9-10)11-5-4-6-14-8-11;1-4-5-6(2)3;1-4-6(3)5-2;1-3-2;3*1-2/h4-9H,1-3H3,(H,16,18);5H,4H2,1-3H3;4-5H,1H2,2-3H3;3H2,1-2H3;3*1-2H3/b;;6-5-;;;;. The molecule has 0 unspecified atom stereocenters. The lowest BCUT2D eigenvalue weighted by Gasteiger charge is -2.19. The molecule has 0 saturated carbocycles. The molecule has 0 saturated heterocycles. The summed E-state index contributed by atoms with van der Waals surface area (Å²) in [6, 6.07) is 3.69. The van der Waals surface area contributed by atoms with E-state index in [1.54, 1.807) is 29.5 Å². The van der Waals surface area contributed by atoms with Gasteiger partial charge in [0, 0.05) is 6.20 Å². The molecule has 0 spiro atoms. The van der Waals surface area contributed by atoms with Gasteiger partial charge in [0.25, 0.3) is 0 Å². The van der Waals surface area contributed by atoms with Crippen LogP contribution in [0.2, 0.25) is 0 Å². The van der Waals surface area contributed by atoms with E-state index >= 15 is 0 Å². The van der Waals surface area contributed by atoms with Crippen molar-refractivity contribution in [2.45, 2.75) is 129 Å². The molecule has 6 heteroatoms. The predicted molar refractivity (Wildman–Crippen MR) is 181 cm³/mol. The number of aromatic nitrogens is 3. The molecule has 1 amide bonds. The van der Waals surface area contributed by atoms with Gasteiger partial charge in [0.15, 0.2) is 0 Å². The van der Waals surface area contributed by atoms with Gasteiger partial charge in [0.2, 0.25) is 0 Å². The highest BCUT2D eigenvalue weighted by Crippen LogP contribution is 2.13. The monoisotopic (exact) mass is 561 g/mol. The Kier molecular flexibility index (Phi) is 39.5. The third-order valence-electron chi connectivity index (χ3n) is 3.53. The smallest absolute Gasteiger partial charge is 0.412 e. The second-order valence-corrected chi connectivity index (χ2v) is 8.65. The summed E-state index contributed by atoms with van der Waals surface area (Å²) in [5.74, 6) is 0. The van der Waals surface area contributed by atoms with Gasteiger partial charge < -0.3 is 4.74 Å². The molecule has 0 aromatic carbocycles. The van der Waals surface area contributed by atoms with E-state index in [1.165, 1.54) is 24.0 Å². The number of carbonyl (C=O) groups is 1. The molecule has 0 aliphatic rings. The summed E-state index contributed by atoms with van der Waals surface area (Å²) in [6.07, 6.45) is 14.6. The van der Waals surface area contributed by atoms with Crippen LogP contribution in [0, 0.1) is 0 Å². The van der Waals surface area contributed by atoms with Gasteiger partial charge in [0.1, 0.15) is 5.60 Å². The number of rotatable bonds is 4. The topological polar surface area (TPSA) is 69.0 Å². The molecular formula is C34H64N4O2. The number of carbonyl (C=O) groups excluding carboxylic acids is 1. The number of ether oxygens (including phenoxy) is 1. The number of hydrogen-bond acceptors (Lipinski definition) is 4. The summed E-state index contributed by atoms with van der Waals surface area (Å²) >= 11 is 0. The van der Waals surface area contributed by atoms with Gasteiger partial charge in [-0.1, -0.05) is 105 Å². The van der Waals surface area contributed by atoms with Crippen LogP contribution >= 0.6 is 0 Å². The highest BCUT2D eigenvalue weighted by atomic mass is 16.6. The van der Waals surface area contributed by atoms with E-state index in [2.05, 4.69) is 62.7 Å². The molecule has 0 aliphatic carbocycles. The summed E-state index contributed by atoms with van der Waals surface area (Å²) in [5.41, 5.74) is 3.51. The Morgan fingerprint density at radius 2 is 1.55 bits per heavy atom. The Morgan fingerprint density at radius 1 is 1.02 bits per heavy atom. The molecule has 2 aromatic heterocycles. The van der Waals surface area contributed by atoms with E-state index < -0.39 is 11.7 Å². The summed E-state index contributed by atoms with van der Waals surface area (Å²) in [7, 11) is 0. The van der Waals surface area contributed by atoms with Crippen LogP contribution in [-0.4, -0.2) is 26.5 Å². The zero-order chi connectivity index (χ0) is 32.6. The number of nitrogens with zero attached hydrogens (tertiary/aromatic N) is 3. The average Bonchev–Trinajstić information content (AvgIpc) is 3.40. The van der Waals surface area contributed by atoms with Gasteiger partial charge in [-0.15, -0.1) is 0 Å². The van der Waals surface area contributed by atoms with Crippen LogP contribution in [0.3, 0.4) is 0 Å². The minimum absolute atomic E-state index is 0.502. The van der Waals surface area contributed by atoms with E-state index in [1.807, 2.05) is 100 Å².